The Balaban J connectivity index is 1.70. The van der Waals surface area contributed by atoms with Crippen molar-refractivity contribution >= 4 is 0 Å². The van der Waals surface area contributed by atoms with Gasteiger partial charge in [0.25, 0.3) is 5.89 Å². The van der Waals surface area contributed by atoms with Crippen molar-refractivity contribution in [3.8, 4) is 11.5 Å². The fourth-order valence-corrected chi connectivity index (χ4v) is 2.48. The van der Waals surface area contributed by atoms with Crippen molar-refractivity contribution in [1.82, 2.24) is 15.0 Å². The van der Waals surface area contributed by atoms with Gasteiger partial charge >= 0.3 is 0 Å². The highest BCUT2D eigenvalue weighted by Crippen LogP contribution is 2.26. The topological polar surface area (TPSA) is 62.4 Å². The van der Waals surface area contributed by atoms with Gasteiger partial charge in [0.1, 0.15) is 5.82 Å². The van der Waals surface area contributed by atoms with E-state index in [9.17, 15) is 4.39 Å². The minimum atomic E-state index is -0.294. The monoisotopic (exact) mass is 291 g/mol. The summed E-state index contributed by atoms with van der Waals surface area (Å²) in [5.74, 6) is 0.690. The van der Waals surface area contributed by atoms with Gasteiger partial charge in [0, 0.05) is 18.2 Å². The molecule has 1 aromatic heterocycles. The standard InChI is InChI=1S/C15H18FN3O2/c16-12-6-4-11(5-7-12)15-17-14(18-21-15)10-19(8-9-20)13-2-1-3-13/h4-7,13,20H,1-3,8-10H2. The van der Waals surface area contributed by atoms with Crippen molar-refractivity contribution < 1.29 is 14.0 Å². The van der Waals surface area contributed by atoms with Crippen LogP contribution in [0, 0.1) is 5.82 Å². The maximum atomic E-state index is 12.9. The summed E-state index contributed by atoms with van der Waals surface area (Å²) in [6, 6.07) is 6.47. The Bertz CT molecular complexity index is 581. The van der Waals surface area contributed by atoms with Crippen molar-refractivity contribution in [3.63, 3.8) is 0 Å². The molecule has 0 bridgehead atoms. The van der Waals surface area contributed by atoms with Crippen LogP contribution in [0.4, 0.5) is 4.39 Å². The second-order valence-corrected chi connectivity index (χ2v) is 5.30. The van der Waals surface area contributed by atoms with Crippen LogP contribution in [0.1, 0.15) is 25.1 Å². The van der Waals surface area contributed by atoms with E-state index < -0.39 is 0 Å². The third kappa shape index (κ3) is 3.28. The molecule has 0 spiro atoms. The van der Waals surface area contributed by atoms with Crippen LogP contribution in [0.15, 0.2) is 28.8 Å². The first-order valence-corrected chi connectivity index (χ1v) is 7.19. The number of halogens is 1. The molecule has 5 nitrogen and oxygen atoms in total. The van der Waals surface area contributed by atoms with Gasteiger partial charge in [0.2, 0.25) is 0 Å². The van der Waals surface area contributed by atoms with Gasteiger partial charge in [-0.25, -0.2) is 4.39 Å². The van der Waals surface area contributed by atoms with Crippen LogP contribution in [-0.2, 0) is 6.54 Å². The highest BCUT2D eigenvalue weighted by molar-refractivity contribution is 5.52. The molecule has 1 aliphatic rings. The van der Waals surface area contributed by atoms with E-state index in [2.05, 4.69) is 15.0 Å². The molecule has 0 radical (unpaired) electrons. The van der Waals surface area contributed by atoms with Crippen LogP contribution in [0.25, 0.3) is 11.5 Å². The lowest BCUT2D eigenvalue weighted by Gasteiger charge is -2.36. The largest absolute Gasteiger partial charge is 0.395 e. The molecule has 6 heteroatoms. The van der Waals surface area contributed by atoms with Gasteiger partial charge in [-0.15, -0.1) is 0 Å². The number of nitrogens with zero attached hydrogens (tertiary/aromatic N) is 3. The molecular weight excluding hydrogens is 273 g/mol. The van der Waals surface area contributed by atoms with Crippen LogP contribution in [0.3, 0.4) is 0 Å². The van der Waals surface area contributed by atoms with Gasteiger partial charge in [0.05, 0.1) is 13.2 Å². The fourth-order valence-electron chi connectivity index (χ4n) is 2.48. The molecule has 1 aromatic carbocycles. The summed E-state index contributed by atoms with van der Waals surface area (Å²) in [4.78, 5) is 6.53. The molecule has 21 heavy (non-hydrogen) atoms. The Morgan fingerprint density at radius 2 is 2.05 bits per heavy atom. The molecule has 2 aromatic rings. The maximum absolute atomic E-state index is 12.9. The smallest absolute Gasteiger partial charge is 0.257 e. The molecule has 3 rings (SSSR count). The summed E-state index contributed by atoms with van der Waals surface area (Å²) < 4.78 is 18.1. The summed E-state index contributed by atoms with van der Waals surface area (Å²) in [5, 5.41) is 13.1. The quantitative estimate of drug-likeness (QED) is 0.884. The van der Waals surface area contributed by atoms with E-state index in [1.807, 2.05) is 0 Å². The summed E-state index contributed by atoms with van der Waals surface area (Å²) in [5.41, 5.74) is 0.701. The lowest BCUT2D eigenvalue weighted by Crippen LogP contribution is -2.41. The summed E-state index contributed by atoms with van der Waals surface area (Å²) in [6.45, 7) is 1.31. The Labute approximate surface area is 122 Å². The lowest BCUT2D eigenvalue weighted by molar-refractivity contribution is 0.0912. The minimum absolute atomic E-state index is 0.124. The van der Waals surface area contributed by atoms with E-state index in [0.29, 0.717) is 36.4 Å². The molecule has 1 N–H and O–H groups in total. The van der Waals surface area contributed by atoms with Crippen molar-refractivity contribution in [2.75, 3.05) is 13.2 Å². The van der Waals surface area contributed by atoms with Gasteiger partial charge in [-0.05, 0) is 37.1 Å². The van der Waals surface area contributed by atoms with Crippen LogP contribution in [0.5, 0.6) is 0 Å². The predicted molar refractivity (Wildman–Crippen MR) is 74.8 cm³/mol. The normalized spacial score (nSPS) is 15.4. The van der Waals surface area contributed by atoms with Crippen molar-refractivity contribution in [1.29, 1.82) is 0 Å². The van der Waals surface area contributed by atoms with Gasteiger partial charge in [0.15, 0.2) is 5.82 Å². The lowest BCUT2D eigenvalue weighted by atomic mass is 9.91. The number of aliphatic hydroxyl groups is 1. The number of hydrogen-bond donors (Lipinski definition) is 1. The Morgan fingerprint density at radius 3 is 2.67 bits per heavy atom. The molecule has 0 aliphatic heterocycles. The summed E-state index contributed by atoms with van der Waals surface area (Å²) >= 11 is 0. The zero-order valence-electron chi connectivity index (χ0n) is 11.7. The third-order valence-electron chi connectivity index (χ3n) is 3.88. The third-order valence-corrected chi connectivity index (χ3v) is 3.88. The average Bonchev–Trinajstić information content (AvgIpc) is 2.86. The number of aliphatic hydroxyl groups excluding tert-OH is 1. The first kappa shape index (κ1) is 14.2. The molecule has 1 saturated carbocycles. The van der Waals surface area contributed by atoms with Crippen LogP contribution >= 0.6 is 0 Å². The highest BCUT2D eigenvalue weighted by atomic mass is 19.1. The number of hydrogen-bond acceptors (Lipinski definition) is 5. The molecule has 1 aliphatic carbocycles. The minimum Gasteiger partial charge on any atom is -0.395 e. The number of benzene rings is 1. The van der Waals surface area contributed by atoms with E-state index in [1.165, 1.54) is 18.6 Å². The Kier molecular flexibility index (Phi) is 4.26. The molecule has 0 saturated heterocycles. The van der Waals surface area contributed by atoms with E-state index in [1.54, 1.807) is 12.1 Å². The predicted octanol–water partition coefficient (Wildman–Crippen LogP) is 2.22. The molecule has 112 valence electrons. The molecule has 1 fully saturated rings. The first-order chi connectivity index (χ1) is 10.3. The highest BCUT2D eigenvalue weighted by Gasteiger charge is 2.25. The molecule has 0 amide bonds. The SMILES string of the molecule is OCCN(Cc1noc(-c2ccc(F)cc2)n1)C1CCC1. The van der Waals surface area contributed by atoms with Crippen molar-refractivity contribution in [2.24, 2.45) is 0 Å². The zero-order valence-corrected chi connectivity index (χ0v) is 11.7. The van der Waals surface area contributed by atoms with Gasteiger partial charge in [-0.2, -0.15) is 4.98 Å². The molecule has 1 heterocycles. The van der Waals surface area contributed by atoms with Gasteiger partial charge in [-0.3, -0.25) is 4.90 Å². The maximum Gasteiger partial charge on any atom is 0.257 e. The van der Waals surface area contributed by atoms with Crippen molar-refractivity contribution in [3.05, 3.63) is 35.9 Å². The summed E-state index contributed by atoms with van der Waals surface area (Å²) in [6.07, 6.45) is 3.55. The van der Waals surface area contributed by atoms with E-state index in [4.69, 9.17) is 9.63 Å². The fraction of sp³-hybridized carbons (Fsp3) is 0.467. The zero-order chi connectivity index (χ0) is 14.7. The van der Waals surface area contributed by atoms with E-state index >= 15 is 0 Å². The number of aromatic nitrogens is 2. The van der Waals surface area contributed by atoms with Crippen LogP contribution in [-0.4, -0.2) is 39.3 Å². The second-order valence-electron chi connectivity index (χ2n) is 5.30. The van der Waals surface area contributed by atoms with Crippen molar-refractivity contribution in [2.45, 2.75) is 31.8 Å². The first-order valence-electron chi connectivity index (χ1n) is 7.19. The van der Waals surface area contributed by atoms with Gasteiger partial charge in [-0.1, -0.05) is 11.6 Å². The van der Waals surface area contributed by atoms with E-state index in [-0.39, 0.29) is 12.4 Å². The van der Waals surface area contributed by atoms with E-state index in [0.717, 1.165) is 12.8 Å². The molecular formula is C15H18FN3O2. The van der Waals surface area contributed by atoms with Crippen LogP contribution in [0.2, 0.25) is 0 Å². The number of rotatable bonds is 6. The summed E-state index contributed by atoms with van der Waals surface area (Å²) in [7, 11) is 0. The second kappa shape index (κ2) is 6.32. The molecule has 0 unspecified atom stereocenters. The molecule has 0 atom stereocenters. The van der Waals surface area contributed by atoms with Gasteiger partial charge < -0.3 is 9.63 Å². The average molecular weight is 291 g/mol. The van der Waals surface area contributed by atoms with Crippen LogP contribution < -0.4 is 0 Å². The Hall–Kier alpha value is -1.79. The Morgan fingerprint density at radius 1 is 1.29 bits per heavy atom.